The lowest BCUT2D eigenvalue weighted by atomic mass is 9.98. The van der Waals surface area contributed by atoms with Gasteiger partial charge in [0.15, 0.2) is 0 Å². The van der Waals surface area contributed by atoms with Crippen LogP contribution in [0.15, 0.2) is 0 Å². The first-order valence-corrected chi connectivity index (χ1v) is 7.87. The molecule has 2 aliphatic heterocycles. The summed E-state index contributed by atoms with van der Waals surface area (Å²) in [5.74, 6) is 4.49. The minimum atomic E-state index is 0.699. The molecule has 0 bridgehead atoms. The van der Waals surface area contributed by atoms with Crippen molar-refractivity contribution in [2.75, 3.05) is 31.1 Å². The number of hydrogen-bond acceptors (Lipinski definition) is 3. The van der Waals surface area contributed by atoms with Gasteiger partial charge in [0.05, 0.1) is 0 Å². The zero-order valence-electron chi connectivity index (χ0n) is 10.9. The van der Waals surface area contributed by atoms with Crippen LogP contribution in [0.25, 0.3) is 0 Å². The Morgan fingerprint density at radius 2 is 2.25 bits per heavy atom. The third-order valence-corrected chi connectivity index (χ3v) is 5.28. The zero-order valence-corrected chi connectivity index (χ0v) is 11.7. The van der Waals surface area contributed by atoms with E-state index in [0.29, 0.717) is 6.04 Å². The number of rotatable bonds is 3. The van der Waals surface area contributed by atoms with Gasteiger partial charge in [-0.05, 0) is 36.7 Å². The van der Waals surface area contributed by atoms with Gasteiger partial charge in [0.25, 0.3) is 0 Å². The van der Waals surface area contributed by atoms with Crippen LogP contribution in [0.5, 0.6) is 0 Å². The van der Waals surface area contributed by atoms with Gasteiger partial charge in [0.2, 0.25) is 0 Å². The molecule has 2 nitrogen and oxygen atoms in total. The summed E-state index contributed by atoms with van der Waals surface area (Å²) in [6, 6.07) is 1.42. The van der Waals surface area contributed by atoms with Gasteiger partial charge in [0, 0.05) is 31.7 Å². The van der Waals surface area contributed by atoms with Crippen molar-refractivity contribution >= 4 is 11.8 Å². The molecule has 0 aromatic carbocycles. The molecular weight excluding hydrogens is 216 g/mol. The van der Waals surface area contributed by atoms with Crippen molar-refractivity contribution in [1.29, 1.82) is 0 Å². The Labute approximate surface area is 105 Å². The zero-order chi connectivity index (χ0) is 11.5. The van der Waals surface area contributed by atoms with Gasteiger partial charge < -0.3 is 5.32 Å². The lowest BCUT2D eigenvalue weighted by molar-refractivity contribution is 0.108. The molecule has 2 fully saturated rings. The van der Waals surface area contributed by atoms with Crippen LogP contribution in [0.1, 0.15) is 27.2 Å². The van der Waals surface area contributed by atoms with Crippen LogP contribution in [-0.2, 0) is 0 Å². The quantitative estimate of drug-likeness (QED) is 0.815. The van der Waals surface area contributed by atoms with E-state index in [1.807, 2.05) is 0 Å². The Bertz CT molecular complexity index is 212. The maximum atomic E-state index is 3.68. The molecule has 0 radical (unpaired) electrons. The fraction of sp³-hybridized carbons (Fsp3) is 1.00. The van der Waals surface area contributed by atoms with Crippen molar-refractivity contribution in [3.05, 3.63) is 0 Å². The number of nitrogens with one attached hydrogen (secondary N) is 1. The Morgan fingerprint density at radius 3 is 2.88 bits per heavy atom. The predicted octanol–water partition coefficient (Wildman–Crippen LogP) is 2.06. The topological polar surface area (TPSA) is 15.3 Å². The molecule has 0 saturated carbocycles. The van der Waals surface area contributed by atoms with Gasteiger partial charge in [-0.15, -0.1) is 0 Å². The summed E-state index contributed by atoms with van der Waals surface area (Å²) in [5, 5.41) is 3.68. The summed E-state index contributed by atoms with van der Waals surface area (Å²) >= 11 is 2.14. The minimum absolute atomic E-state index is 0.699. The average Bonchev–Trinajstić information content (AvgIpc) is 2.73. The molecule has 0 spiro atoms. The monoisotopic (exact) mass is 242 g/mol. The average molecular weight is 242 g/mol. The van der Waals surface area contributed by atoms with Gasteiger partial charge in [-0.3, -0.25) is 4.90 Å². The Balaban J connectivity index is 1.85. The molecule has 3 unspecified atom stereocenters. The lowest BCUT2D eigenvalue weighted by Gasteiger charge is -2.41. The minimum Gasteiger partial charge on any atom is -0.311 e. The first-order valence-electron chi connectivity index (χ1n) is 6.72. The van der Waals surface area contributed by atoms with Crippen LogP contribution >= 0.6 is 11.8 Å². The second kappa shape index (κ2) is 5.74. The maximum absolute atomic E-state index is 3.68. The second-order valence-electron chi connectivity index (χ2n) is 5.79. The second-order valence-corrected chi connectivity index (χ2v) is 6.94. The molecule has 1 N–H and O–H groups in total. The molecule has 94 valence electrons. The lowest BCUT2D eigenvalue weighted by Crippen LogP contribution is -2.57. The molecule has 2 saturated heterocycles. The van der Waals surface area contributed by atoms with E-state index < -0.39 is 0 Å². The summed E-state index contributed by atoms with van der Waals surface area (Å²) in [6.45, 7) is 10.8. The molecule has 2 heterocycles. The van der Waals surface area contributed by atoms with Crippen LogP contribution in [0.2, 0.25) is 0 Å². The molecule has 16 heavy (non-hydrogen) atoms. The van der Waals surface area contributed by atoms with Gasteiger partial charge in [-0.2, -0.15) is 11.8 Å². The Hall–Kier alpha value is 0.270. The molecule has 0 aliphatic carbocycles. The highest BCUT2D eigenvalue weighted by molar-refractivity contribution is 7.99. The van der Waals surface area contributed by atoms with Crippen LogP contribution in [0, 0.1) is 11.8 Å². The molecule has 0 aromatic rings. The highest BCUT2D eigenvalue weighted by Gasteiger charge is 2.29. The van der Waals surface area contributed by atoms with Crippen molar-refractivity contribution in [1.82, 2.24) is 10.2 Å². The van der Waals surface area contributed by atoms with Crippen molar-refractivity contribution in [2.24, 2.45) is 11.8 Å². The summed E-state index contributed by atoms with van der Waals surface area (Å²) in [4.78, 5) is 2.72. The van der Waals surface area contributed by atoms with E-state index in [1.54, 1.807) is 0 Å². The summed E-state index contributed by atoms with van der Waals surface area (Å²) in [7, 11) is 0. The van der Waals surface area contributed by atoms with E-state index >= 15 is 0 Å². The standard InChI is InChI=1S/C13H26N2S/c1-10(2)13-8-15(11(3)6-14-13)7-12-4-5-16-9-12/h10-14H,4-9H2,1-3H3. The molecule has 3 atom stereocenters. The fourth-order valence-electron chi connectivity index (χ4n) is 2.71. The van der Waals surface area contributed by atoms with Crippen molar-refractivity contribution in [3.63, 3.8) is 0 Å². The van der Waals surface area contributed by atoms with Gasteiger partial charge in [0.1, 0.15) is 0 Å². The highest BCUT2D eigenvalue weighted by Crippen LogP contribution is 2.25. The van der Waals surface area contributed by atoms with Crippen LogP contribution < -0.4 is 5.32 Å². The van der Waals surface area contributed by atoms with Crippen molar-refractivity contribution < 1.29 is 0 Å². The van der Waals surface area contributed by atoms with E-state index in [9.17, 15) is 0 Å². The van der Waals surface area contributed by atoms with E-state index in [0.717, 1.165) is 17.9 Å². The number of thioether (sulfide) groups is 1. The smallest absolute Gasteiger partial charge is 0.0218 e. The maximum Gasteiger partial charge on any atom is 0.0218 e. The van der Waals surface area contributed by atoms with Crippen molar-refractivity contribution in [2.45, 2.75) is 39.3 Å². The van der Waals surface area contributed by atoms with E-state index in [2.05, 4.69) is 42.7 Å². The third kappa shape index (κ3) is 3.14. The van der Waals surface area contributed by atoms with Gasteiger partial charge in [-0.1, -0.05) is 13.8 Å². The molecule has 0 amide bonds. The van der Waals surface area contributed by atoms with Crippen LogP contribution in [-0.4, -0.2) is 48.1 Å². The Morgan fingerprint density at radius 1 is 1.44 bits per heavy atom. The van der Waals surface area contributed by atoms with E-state index in [4.69, 9.17) is 0 Å². The molecule has 0 aromatic heterocycles. The summed E-state index contributed by atoms with van der Waals surface area (Å²) < 4.78 is 0. The van der Waals surface area contributed by atoms with Crippen molar-refractivity contribution in [3.8, 4) is 0 Å². The van der Waals surface area contributed by atoms with E-state index in [1.165, 1.54) is 37.6 Å². The summed E-state index contributed by atoms with van der Waals surface area (Å²) in [6.07, 6.45) is 1.44. The largest absolute Gasteiger partial charge is 0.311 e. The number of nitrogens with zero attached hydrogens (tertiary/aromatic N) is 1. The SMILES string of the molecule is CC(C)C1CN(CC2CCSC2)C(C)CN1. The predicted molar refractivity (Wildman–Crippen MR) is 73.1 cm³/mol. The van der Waals surface area contributed by atoms with Gasteiger partial charge >= 0.3 is 0 Å². The normalized spacial score (nSPS) is 37.1. The van der Waals surface area contributed by atoms with E-state index in [-0.39, 0.29) is 0 Å². The molecule has 3 heteroatoms. The number of hydrogen-bond donors (Lipinski definition) is 1. The third-order valence-electron chi connectivity index (χ3n) is 4.05. The van der Waals surface area contributed by atoms with Crippen LogP contribution in [0.3, 0.4) is 0 Å². The fourth-order valence-corrected chi connectivity index (χ4v) is 3.98. The molecule has 2 aliphatic rings. The highest BCUT2D eigenvalue weighted by atomic mass is 32.2. The summed E-state index contributed by atoms with van der Waals surface area (Å²) in [5.41, 5.74) is 0. The molecule has 2 rings (SSSR count). The molecular formula is C13H26N2S. The Kier molecular flexibility index (Phi) is 4.57. The number of piperazine rings is 1. The first-order chi connectivity index (χ1) is 7.66. The van der Waals surface area contributed by atoms with Crippen LogP contribution in [0.4, 0.5) is 0 Å². The van der Waals surface area contributed by atoms with Gasteiger partial charge in [-0.25, -0.2) is 0 Å². The first kappa shape index (κ1) is 12.7.